The van der Waals surface area contributed by atoms with Gasteiger partial charge in [-0.3, -0.25) is 19.8 Å². The van der Waals surface area contributed by atoms with Crippen molar-refractivity contribution in [3.63, 3.8) is 0 Å². The Morgan fingerprint density at radius 2 is 1.79 bits per heavy atom. The van der Waals surface area contributed by atoms with Crippen LogP contribution < -0.4 is 14.8 Å². The molecule has 3 rings (SSSR count). The summed E-state index contributed by atoms with van der Waals surface area (Å²) >= 11 is 5.07. The maximum absolute atomic E-state index is 12.7. The van der Waals surface area contributed by atoms with E-state index >= 15 is 0 Å². The number of benzene rings is 2. The van der Waals surface area contributed by atoms with Gasteiger partial charge in [0.15, 0.2) is 16.6 Å². The molecule has 0 aliphatic carbocycles. The number of methoxy groups -OCH3 is 2. The molecule has 0 unspecified atom stereocenters. The predicted molar refractivity (Wildman–Crippen MR) is 116 cm³/mol. The summed E-state index contributed by atoms with van der Waals surface area (Å²) in [4.78, 5) is 26.3. The molecule has 1 saturated heterocycles. The minimum Gasteiger partial charge on any atom is -0.493 e. The zero-order valence-corrected chi connectivity index (χ0v) is 16.9. The molecule has 1 heterocycles. The van der Waals surface area contributed by atoms with Crippen LogP contribution in [0.1, 0.15) is 5.56 Å². The van der Waals surface area contributed by atoms with E-state index in [4.69, 9.17) is 21.7 Å². The van der Waals surface area contributed by atoms with Crippen molar-refractivity contribution >= 4 is 35.2 Å². The van der Waals surface area contributed by atoms with Gasteiger partial charge >= 0.3 is 0 Å². The average molecular weight is 408 g/mol. The fraction of sp³-hybridized carbons (Fsp3) is 0.136. The third kappa shape index (κ3) is 4.20. The molecule has 2 amide bonds. The van der Waals surface area contributed by atoms with Gasteiger partial charge in [0.25, 0.3) is 11.8 Å². The van der Waals surface area contributed by atoms with Gasteiger partial charge in [0, 0.05) is 6.54 Å². The molecule has 0 aromatic heterocycles. The lowest BCUT2D eigenvalue weighted by Gasteiger charge is -2.27. The monoisotopic (exact) mass is 408 g/mol. The molecular formula is C22H20N2O4S. The molecule has 6 nitrogen and oxygen atoms in total. The van der Waals surface area contributed by atoms with Gasteiger partial charge in [-0.15, -0.1) is 6.58 Å². The third-order valence-electron chi connectivity index (χ3n) is 4.41. The Balaban J connectivity index is 1.97. The SMILES string of the molecule is C=CCN1C(=O)/C(=C/c2cccc(-c3ccc(OC)c(OC)c3)c2)C(=O)NC1=S. The molecular weight excluding hydrogens is 388 g/mol. The van der Waals surface area contributed by atoms with Gasteiger partial charge in [0.1, 0.15) is 5.57 Å². The lowest BCUT2D eigenvalue weighted by molar-refractivity contribution is -0.128. The van der Waals surface area contributed by atoms with Gasteiger partial charge < -0.3 is 9.47 Å². The van der Waals surface area contributed by atoms with Crippen LogP contribution in [0.5, 0.6) is 11.5 Å². The zero-order chi connectivity index (χ0) is 21.0. The second-order valence-electron chi connectivity index (χ2n) is 6.22. The van der Waals surface area contributed by atoms with Crippen molar-refractivity contribution < 1.29 is 19.1 Å². The predicted octanol–water partition coefficient (Wildman–Crippen LogP) is 3.18. The number of nitrogens with zero attached hydrogens (tertiary/aromatic N) is 1. The van der Waals surface area contributed by atoms with E-state index in [1.165, 1.54) is 4.90 Å². The molecule has 0 radical (unpaired) electrons. The highest BCUT2D eigenvalue weighted by Crippen LogP contribution is 2.32. The van der Waals surface area contributed by atoms with E-state index in [1.54, 1.807) is 26.4 Å². The van der Waals surface area contributed by atoms with Crippen molar-refractivity contribution in [2.45, 2.75) is 0 Å². The van der Waals surface area contributed by atoms with E-state index in [0.717, 1.165) is 11.1 Å². The largest absolute Gasteiger partial charge is 0.493 e. The van der Waals surface area contributed by atoms with Gasteiger partial charge in [0.05, 0.1) is 14.2 Å². The highest BCUT2D eigenvalue weighted by Gasteiger charge is 2.32. The van der Waals surface area contributed by atoms with Crippen LogP contribution in [0.3, 0.4) is 0 Å². The molecule has 2 aromatic carbocycles. The van der Waals surface area contributed by atoms with Crippen molar-refractivity contribution in [3.05, 3.63) is 66.3 Å². The molecule has 0 spiro atoms. The summed E-state index contributed by atoms with van der Waals surface area (Å²) in [7, 11) is 3.16. The number of hydrogen-bond donors (Lipinski definition) is 1. The summed E-state index contributed by atoms with van der Waals surface area (Å²) < 4.78 is 10.6. The first-order valence-corrected chi connectivity index (χ1v) is 9.21. The Bertz CT molecular complexity index is 1030. The Labute approximate surface area is 174 Å². The van der Waals surface area contributed by atoms with Crippen LogP contribution >= 0.6 is 12.2 Å². The number of rotatable bonds is 6. The van der Waals surface area contributed by atoms with E-state index in [0.29, 0.717) is 17.1 Å². The first-order valence-electron chi connectivity index (χ1n) is 8.80. The summed E-state index contributed by atoms with van der Waals surface area (Å²) in [6, 6.07) is 13.1. The summed E-state index contributed by atoms with van der Waals surface area (Å²) in [5, 5.41) is 2.62. The lowest BCUT2D eigenvalue weighted by Crippen LogP contribution is -2.53. The summed E-state index contributed by atoms with van der Waals surface area (Å²) in [5.74, 6) is 0.286. The number of carbonyl (C=O) groups is 2. The molecule has 1 aliphatic rings. The van der Waals surface area contributed by atoms with Gasteiger partial charge in [0.2, 0.25) is 0 Å². The number of hydrogen-bond acceptors (Lipinski definition) is 5. The molecule has 0 bridgehead atoms. The van der Waals surface area contributed by atoms with Crippen LogP contribution in [0, 0.1) is 0 Å². The second-order valence-corrected chi connectivity index (χ2v) is 6.60. The maximum Gasteiger partial charge on any atom is 0.265 e. The third-order valence-corrected chi connectivity index (χ3v) is 4.73. The highest BCUT2D eigenvalue weighted by atomic mass is 32.1. The fourth-order valence-corrected chi connectivity index (χ4v) is 3.23. The van der Waals surface area contributed by atoms with Crippen molar-refractivity contribution in [3.8, 4) is 22.6 Å². The summed E-state index contributed by atoms with van der Waals surface area (Å²) in [6.07, 6.45) is 3.11. The minimum atomic E-state index is -0.517. The number of amides is 2. The zero-order valence-electron chi connectivity index (χ0n) is 16.1. The first-order chi connectivity index (χ1) is 14.0. The summed E-state index contributed by atoms with van der Waals surface area (Å²) in [5.41, 5.74) is 2.55. The molecule has 1 aliphatic heterocycles. The minimum absolute atomic E-state index is 0.0184. The van der Waals surface area contributed by atoms with E-state index in [-0.39, 0.29) is 17.2 Å². The molecule has 0 atom stereocenters. The Morgan fingerprint density at radius 3 is 2.48 bits per heavy atom. The van der Waals surface area contributed by atoms with Crippen molar-refractivity contribution in [1.29, 1.82) is 0 Å². The van der Waals surface area contributed by atoms with Crippen LogP contribution in [-0.2, 0) is 9.59 Å². The van der Waals surface area contributed by atoms with E-state index in [2.05, 4.69) is 11.9 Å². The van der Waals surface area contributed by atoms with Crippen molar-refractivity contribution in [2.24, 2.45) is 0 Å². The average Bonchev–Trinajstić information content (AvgIpc) is 2.73. The number of carbonyl (C=O) groups excluding carboxylic acids is 2. The van der Waals surface area contributed by atoms with Crippen LogP contribution in [0.25, 0.3) is 17.2 Å². The lowest BCUT2D eigenvalue weighted by atomic mass is 10.0. The number of nitrogens with one attached hydrogen (secondary N) is 1. The molecule has 2 aromatic rings. The van der Waals surface area contributed by atoms with Gasteiger partial charge in [-0.1, -0.05) is 30.3 Å². The Morgan fingerprint density at radius 1 is 1.07 bits per heavy atom. The molecule has 1 N–H and O–H groups in total. The van der Waals surface area contributed by atoms with Gasteiger partial charge in [-0.05, 0) is 53.2 Å². The maximum atomic E-state index is 12.7. The van der Waals surface area contributed by atoms with Gasteiger partial charge in [-0.25, -0.2) is 0 Å². The Kier molecular flexibility index (Phi) is 6.09. The number of thiocarbonyl (C=S) groups is 1. The standard InChI is InChI=1S/C22H20N2O4S/c1-4-10-24-21(26)17(20(25)23-22(24)29)12-14-6-5-7-15(11-14)16-8-9-18(27-2)19(13-16)28-3/h4-9,11-13H,1,10H2,2-3H3,(H,23,25,29)/b17-12+. The number of ether oxygens (including phenoxy) is 2. The normalized spacial score (nSPS) is 15.3. The smallest absolute Gasteiger partial charge is 0.265 e. The molecule has 0 saturated carbocycles. The van der Waals surface area contributed by atoms with Crippen LogP contribution in [0.15, 0.2) is 60.7 Å². The quantitative estimate of drug-likeness (QED) is 0.344. The Hall–Kier alpha value is -3.45. The van der Waals surface area contributed by atoms with E-state index in [9.17, 15) is 9.59 Å². The van der Waals surface area contributed by atoms with Crippen LogP contribution in [0.2, 0.25) is 0 Å². The summed E-state index contributed by atoms with van der Waals surface area (Å²) in [6.45, 7) is 3.84. The second kappa shape index (κ2) is 8.70. The highest BCUT2D eigenvalue weighted by molar-refractivity contribution is 7.80. The van der Waals surface area contributed by atoms with Crippen LogP contribution in [-0.4, -0.2) is 42.6 Å². The topological polar surface area (TPSA) is 67.9 Å². The van der Waals surface area contributed by atoms with E-state index < -0.39 is 11.8 Å². The molecule has 1 fully saturated rings. The molecule has 148 valence electrons. The van der Waals surface area contributed by atoms with E-state index in [1.807, 2.05) is 42.5 Å². The van der Waals surface area contributed by atoms with Crippen molar-refractivity contribution in [2.75, 3.05) is 20.8 Å². The first kappa shape index (κ1) is 20.3. The molecule has 29 heavy (non-hydrogen) atoms. The molecule has 7 heteroatoms. The van der Waals surface area contributed by atoms with Gasteiger partial charge in [-0.2, -0.15) is 0 Å². The van der Waals surface area contributed by atoms with Crippen molar-refractivity contribution in [1.82, 2.24) is 10.2 Å². The van der Waals surface area contributed by atoms with Crippen LogP contribution in [0.4, 0.5) is 0 Å². The fourth-order valence-electron chi connectivity index (χ4n) is 2.98.